The molecule has 2 N–H and O–H groups in total. The average molecular weight is 411 g/mol. The second-order valence-corrected chi connectivity index (χ2v) is 7.40. The molecule has 0 aliphatic heterocycles. The third kappa shape index (κ3) is 3.56. The smallest absolute Gasteiger partial charge is 0.103 e. The van der Waals surface area contributed by atoms with Crippen molar-refractivity contribution in [2.45, 2.75) is 0 Å². The van der Waals surface area contributed by atoms with E-state index in [1.807, 2.05) is 66.9 Å². The van der Waals surface area contributed by atoms with Crippen LogP contribution in [0, 0.1) is 22.7 Å². The number of aromatic amines is 1. The molecular weight excluding hydrogens is 394 g/mol. The minimum Gasteiger partial charge on any atom is -0.361 e. The van der Waals surface area contributed by atoms with Crippen LogP contribution in [0.15, 0.2) is 91.4 Å². The van der Waals surface area contributed by atoms with Crippen LogP contribution in [0.2, 0.25) is 0 Å². The lowest BCUT2D eigenvalue weighted by Gasteiger charge is -2.15. The number of nitriles is 2. The van der Waals surface area contributed by atoms with Gasteiger partial charge in [0.2, 0.25) is 0 Å². The lowest BCUT2D eigenvalue weighted by atomic mass is 9.97. The molecule has 32 heavy (non-hydrogen) atoms. The van der Waals surface area contributed by atoms with Crippen LogP contribution < -0.4 is 5.32 Å². The molecule has 150 valence electrons. The molecule has 0 aliphatic carbocycles. The topological polar surface area (TPSA) is 88.3 Å². The zero-order valence-corrected chi connectivity index (χ0v) is 17.0. The average Bonchev–Trinajstić information content (AvgIpc) is 3.32. The lowest BCUT2D eigenvalue weighted by molar-refractivity contribution is 1.30. The largest absolute Gasteiger partial charge is 0.361 e. The molecule has 0 atom stereocenters. The number of fused-ring (bicyclic) bond motifs is 1. The Labute approximate surface area is 185 Å². The van der Waals surface area contributed by atoms with Crippen molar-refractivity contribution in [3.05, 3.63) is 103 Å². The molecule has 0 aliphatic rings. The summed E-state index contributed by atoms with van der Waals surface area (Å²) in [6.45, 7) is 0. The molecule has 2 aromatic heterocycles. The second kappa shape index (κ2) is 8.10. The van der Waals surface area contributed by atoms with Gasteiger partial charge in [-0.3, -0.25) is 4.98 Å². The van der Waals surface area contributed by atoms with Crippen LogP contribution in [0.3, 0.4) is 0 Å². The first-order valence-electron chi connectivity index (χ1n) is 10.1. The van der Waals surface area contributed by atoms with E-state index in [4.69, 9.17) is 0 Å². The molecular formula is C27H17N5. The summed E-state index contributed by atoms with van der Waals surface area (Å²) in [6.07, 6.45) is 5.24. The summed E-state index contributed by atoms with van der Waals surface area (Å²) in [7, 11) is 0. The van der Waals surface area contributed by atoms with Crippen LogP contribution in [-0.4, -0.2) is 9.97 Å². The molecule has 0 saturated heterocycles. The molecule has 2 heterocycles. The Morgan fingerprint density at radius 1 is 0.781 bits per heavy atom. The summed E-state index contributed by atoms with van der Waals surface area (Å²) in [6, 6.07) is 28.0. The quantitative estimate of drug-likeness (QED) is 0.359. The summed E-state index contributed by atoms with van der Waals surface area (Å²) in [4.78, 5) is 7.49. The molecule has 3 aromatic carbocycles. The van der Waals surface area contributed by atoms with Gasteiger partial charge in [-0.05, 0) is 59.2 Å². The molecule has 5 rings (SSSR count). The van der Waals surface area contributed by atoms with Crippen LogP contribution in [0.4, 0.5) is 11.4 Å². The zero-order valence-electron chi connectivity index (χ0n) is 17.0. The van der Waals surface area contributed by atoms with Crippen molar-refractivity contribution in [2.75, 3.05) is 5.32 Å². The van der Waals surface area contributed by atoms with E-state index in [-0.39, 0.29) is 0 Å². The molecule has 0 saturated carbocycles. The second-order valence-electron chi connectivity index (χ2n) is 7.40. The summed E-state index contributed by atoms with van der Waals surface area (Å²) in [5.41, 5.74) is 7.44. The van der Waals surface area contributed by atoms with Crippen LogP contribution >= 0.6 is 0 Å². The molecule has 0 unspecified atom stereocenters. The van der Waals surface area contributed by atoms with Gasteiger partial charge in [0.1, 0.15) is 6.07 Å². The Hall–Kier alpha value is -4.87. The number of aromatic nitrogens is 2. The van der Waals surface area contributed by atoms with Crippen LogP contribution in [0.1, 0.15) is 11.1 Å². The molecule has 0 spiro atoms. The standard InChI is InChI=1S/C27H17N5/c28-14-18-3-1-4-19(11-18)20-5-2-6-21(12-20)25-17-30-16-23(15-29)27(25)32-24-7-8-26-22(13-24)9-10-31-26/h1-13,16-17,31H,(H,30,32). The van der Waals surface area contributed by atoms with Gasteiger partial charge < -0.3 is 10.3 Å². The number of anilines is 2. The Kier molecular flexibility index (Phi) is 4.84. The predicted octanol–water partition coefficient (Wildman–Crippen LogP) is 6.38. The minimum absolute atomic E-state index is 0.466. The number of nitrogens with one attached hydrogen (secondary N) is 2. The van der Waals surface area contributed by atoms with E-state index < -0.39 is 0 Å². The summed E-state index contributed by atoms with van der Waals surface area (Å²) < 4.78 is 0. The van der Waals surface area contributed by atoms with Crippen LogP contribution in [-0.2, 0) is 0 Å². The Balaban J connectivity index is 1.60. The number of nitrogens with zero attached hydrogens (tertiary/aromatic N) is 3. The van der Waals surface area contributed by atoms with Crippen molar-refractivity contribution in [1.29, 1.82) is 10.5 Å². The van der Waals surface area contributed by atoms with E-state index in [1.165, 1.54) is 0 Å². The molecule has 0 amide bonds. The van der Waals surface area contributed by atoms with E-state index in [1.54, 1.807) is 18.5 Å². The maximum atomic E-state index is 9.73. The monoisotopic (exact) mass is 411 g/mol. The first kappa shape index (κ1) is 19.1. The van der Waals surface area contributed by atoms with Crippen molar-refractivity contribution in [3.63, 3.8) is 0 Å². The molecule has 0 bridgehead atoms. The molecule has 5 aromatic rings. The lowest BCUT2D eigenvalue weighted by Crippen LogP contribution is -1.98. The number of pyridine rings is 1. The first-order chi connectivity index (χ1) is 15.7. The minimum atomic E-state index is 0.466. The van der Waals surface area contributed by atoms with Crippen molar-refractivity contribution >= 4 is 22.3 Å². The fourth-order valence-electron chi connectivity index (χ4n) is 3.81. The number of hydrogen-bond acceptors (Lipinski definition) is 4. The highest BCUT2D eigenvalue weighted by Crippen LogP contribution is 2.35. The highest BCUT2D eigenvalue weighted by molar-refractivity contribution is 5.89. The maximum Gasteiger partial charge on any atom is 0.103 e. The number of hydrogen-bond donors (Lipinski definition) is 2. The molecule has 0 radical (unpaired) electrons. The Bertz CT molecular complexity index is 1530. The van der Waals surface area contributed by atoms with E-state index in [9.17, 15) is 10.5 Å². The number of benzene rings is 3. The van der Waals surface area contributed by atoms with E-state index in [0.29, 0.717) is 16.8 Å². The highest BCUT2D eigenvalue weighted by atomic mass is 14.9. The van der Waals surface area contributed by atoms with Gasteiger partial charge in [0.05, 0.1) is 22.9 Å². The van der Waals surface area contributed by atoms with E-state index in [0.717, 1.165) is 38.8 Å². The van der Waals surface area contributed by atoms with Crippen molar-refractivity contribution in [1.82, 2.24) is 9.97 Å². The summed E-state index contributed by atoms with van der Waals surface area (Å²) in [5, 5.41) is 23.5. The maximum absolute atomic E-state index is 9.73. The normalized spacial score (nSPS) is 10.4. The SMILES string of the molecule is N#Cc1cccc(-c2cccc(-c3cncc(C#N)c3Nc3ccc4[nH]ccc4c3)c2)c1. The van der Waals surface area contributed by atoms with Crippen LogP contribution in [0.5, 0.6) is 0 Å². The van der Waals surface area contributed by atoms with Gasteiger partial charge in [0.25, 0.3) is 0 Å². The fraction of sp³-hybridized carbons (Fsp3) is 0. The molecule has 0 fully saturated rings. The van der Waals surface area contributed by atoms with Crippen molar-refractivity contribution < 1.29 is 0 Å². The zero-order chi connectivity index (χ0) is 21.9. The van der Waals surface area contributed by atoms with E-state index >= 15 is 0 Å². The summed E-state index contributed by atoms with van der Waals surface area (Å²) >= 11 is 0. The van der Waals surface area contributed by atoms with Crippen molar-refractivity contribution in [2.24, 2.45) is 0 Å². The number of rotatable bonds is 4. The van der Waals surface area contributed by atoms with Gasteiger partial charge in [0.15, 0.2) is 0 Å². The summed E-state index contributed by atoms with van der Waals surface area (Å²) in [5.74, 6) is 0. The van der Waals surface area contributed by atoms with Gasteiger partial charge in [-0.25, -0.2) is 0 Å². The third-order valence-corrected chi connectivity index (χ3v) is 5.39. The van der Waals surface area contributed by atoms with Gasteiger partial charge in [0, 0.05) is 40.7 Å². The first-order valence-corrected chi connectivity index (χ1v) is 10.1. The Morgan fingerprint density at radius 3 is 2.44 bits per heavy atom. The van der Waals surface area contributed by atoms with E-state index in [2.05, 4.69) is 33.5 Å². The molecule has 5 heteroatoms. The van der Waals surface area contributed by atoms with Gasteiger partial charge in [-0.1, -0.05) is 30.3 Å². The Morgan fingerprint density at radius 2 is 1.59 bits per heavy atom. The van der Waals surface area contributed by atoms with Gasteiger partial charge in [-0.2, -0.15) is 10.5 Å². The van der Waals surface area contributed by atoms with Crippen molar-refractivity contribution in [3.8, 4) is 34.4 Å². The molecule has 5 nitrogen and oxygen atoms in total. The third-order valence-electron chi connectivity index (χ3n) is 5.39. The van der Waals surface area contributed by atoms with Gasteiger partial charge in [-0.15, -0.1) is 0 Å². The van der Waals surface area contributed by atoms with Gasteiger partial charge >= 0.3 is 0 Å². The highest BCUT2D eigenvalue weighted by Gasteiger charge is 2.13. The van der Waals surface area contributed by atoms with Crippen LogP contribution in [0.25, 0.3) is 33.2 Å². The predicted molar refractivity (Wildman–Crippen MR) is 126 cm³/mol. The fourth-order valence-corrected chi connectivity index (χ4v) is 3.81. The number of H-pyrrole nitrogens is 1.